The van der Waals surface area contributed by atoms with Crippen molar-refractivity contribution in [3.05, 3.63) is 35.7 Å². The summed E-state index contributed by atoms with van der Waals surface area (Å²) in [4.78, 5) is 16.3. The number of sulfone groups is 1. The van der Waals surface area contributed by atoms with Gasteiger partial charge in [0.15, 0.2) is 9.84 Å². The maximum Gasteiger partial charge on any atom is 0.226 e. The summed E-state index contributed by atoms with van der Waals surface area (Å²) >= 11 is 0. The number of ketones is 1. The maximum atomic E-state index is 12.3. The number of hydrogen-bond donors (Lipinski definition) is 0. The topological polar surface area (TPSA) is 86.5 Å². The van der Waals surface area contributed by atoms with E-state index in [0.29, 0.717) is 23.1 Å². The number of carbonyl (C=O) groups is 1. The smallest absolute Gasteiger partial charge is 0.226 e. The monoisotopic (exact) mass is 379 g/mol. The van der Waals surface area contributed by atoms with E-state index >= 15 is 0 Å². The van der Waals surface area contributed by atoms with E-state index in [4.69, 9.17) is 9.15 Å². The molecular weight excluding hydrogens is 354 g/mol. The zero-order chi connectivity index (χ0) is 19.3. The molecule has 6 nitrogen and oxygen atoms in total. The Hall–Kier alpha value is -2.15. The van der Waals surface area contributed by atoms with Crippen molar-refractivity contribution in [2.75, 3.05) is 12.9 Å². The largest absolute Gasteiger partial charge is 0.497 e. The first-order chi connectivity index (χ1) is 12.2. The van der Waals surface area contributed by atoms with Crippen LogP contribution in [0.25, 0.3) is 11.5 Å². The van der Waals surface area contributed by atoms with Crippen LogP contribution in [0.4, 0.5) is 0 Å². The fourth-order valence-electron chi connectivity index (χ4n) is 2.52. The zero-order valence-corrected chi connectivity index (χ0v) is 16.4. The summed E-state index contributed by atoms with van der Waals surface area (Å²) in [7, 11) is -2.00. The molecular formula is C19H25NO5S. The molecule has 0 amide bonds. The molecule has 0 bridgehead atoms. The summed E-state index contributed by atoms with van der Waals surface area (Å²) in [6.45, 7) is 5.59. The van der Waals surface area contributed by atoms with Crippen LogP contribution in [0.1, 0.15) is 38.1 Å². The van der Waals surface area contributed by atoms with Crippen molar-refractivity contribution in [1.29, 1.82) is 0 Å². The Morgan fingerprint density at radius 3 is 2.50 bits per heavy atom. The van der Waals surface area contributed by atoms with Crippen molar-refractivity contribution < 1.29 is 22.4 Å². The predicted octanol–water partition coefficient (Wildman–Crippen LogP) is 3.58. The van der Waals surface area contributed by atoms with Crippen LogP contribution in [0.5, 0.6) is 5.75 Å². The molecule has 1 aromatic heterocycles. The lowest BCUT2D eigenvalue weighted by Crippen LogP contribution is -2.19. The number of carbonyl (C=O) groups excluding carboxylic acids is 1. The average molecular weight is 379 g/mol. The molecule has 0 saturated heterocycles. The molecule has 1 aromatic carbocycles. The molecule has 0 aliphatic heterocycles. The normalized spacial score (nSPS) is 12.8. The lowest BCUT2D eigenvalue weighted by molar-refractivity contribution is -0.117. The second-order valence-corrected chi connectivity index (χ2v) is 8.60. The van der Waals surface area contributed by atoms with Gasteiger partial charge in [-0.25, -0.2) is 13.4 Å². The maximum absolute atomic E-state index is 12.3. The molecule has 1 heterocycles. The minimum atomic E-state index is -3.58. The third-order valence-electron chi connectivity index (χ3n) is 4.24. The molecule has 142 valence electrons. The highest BCUT2D eigenvalue weighted by molar-refractivity contribution is 7.91. The zero-order valence-electron chi connectivity index (χ0n) is 15.6. The van der Waals surface area contributed by atoms with Gasteiger partial charge in [-0.05, 0) is 37.1 Å². The Morgan fingerprint density at radius 2 is 1.92 bits per heavy atom. The van der Waals surface area contributed by atoms with Crippen LogP contribution in [0, 0.1) is 12.8 Å². The van der Waals surface area contributed by atoms with Gasteiger partial charge in [0.2, 0.25) is 5.89 Å². The summed E-state index contributed by atoms with van der Waals surface area (Å²) in [6.07, 6.45) is 1.13. The van der Waals surface area contributed by atoms with E-state index in [1.807, 2.05) is 13.8 Å². The lowest BCUT2D eigenvalue weighted by Gasteiger charge is -2.07. The molecule has 26 heavy (non-hydrogen) atoms. The molecule has 0 aliphatic rings. The third-order valence-corrected chi connectivity index (χ3v) is 5.72. The van der Waals surface area contributed by atoms with Gasteiger partial charge in [0.1, 0.15) is 23.0 Å². The fraction of sp³-hybridized carbons (Fsp3) is 0.474. The molecule has 1 unspecified atom stereocenters. The van der Waals surface area contributed by atoms with E-state index < -0.39 is 15.6 Å². The molecule has 0 saturated carbocycles. The van der Waals surface area contributed by atoms with Crippen molar-refractivity contribution in [2.45, 2.75) is 39.4 Å². The Balaban J connectivity index is 2.11. The molecule has 0 N–H and O–H groups in total. The molecule has 1 atom stereocenters. The van der Waals surface area contributed by atoms with Crippen LogP contribution in [0.15, 0.2) is 28.7 Å². The SMILES string of the molecule is CCC(C)CC(=O)CS(=O)(=O)Cc1nc(-c2ccc(OC)cc2)oc1C. The van der Waals surface area contributed by atoms with Crippen molar-refractivity contribution in [1.82, 2.24) is 4.98 Å². The Kier molecular flexibility index (Phi) is 6.58. The van der Waals surface area contributed by atoms with E-state index in [1.165, 1.54) is 0 Å². The summed E-state index contributed by atoms with van der Waals surface area (Å²) < 4.78 is 35.4. The number of nitrogens with zero attached hydrogens (tertiary/aromatic N) is 1. The molecule has 7 heteroatoms. The van der Waals surface area contributed by atoms with Crippen LogP contribution in [-0.2, 0) is 20.4 Å². The van der Waals surface area contributed by atoms with Crippen molar-refractivity contribution >= 4 is 15.6 Å². The molecule has 0 fully saturated rings. The van der Waals surface area contributed by atoms with Gasteiger partial charge in [0.25, 0.3) is 0 Å². The molecule has 2 rings (SSSR count). The number of benzene rings is 1. The van der Waals surface area contributed by atoms with Gasteiger partial charge < -0.3 is 9.15 Å². The summed E-state index contributed by atoms with van der Waals surface area (Å²) in [6, 6.07) is 7.13. The van der Waals surface area contributed by atoms with Gasteiger partial charge in [-0.2, -0.15) is 0 Å². The van der Waals surface area contributed by atoms with Gasteiger partial charge >= 0.3 is 0 Å². The van der Waals surface area contributed by atoms with E-state index in [1.54, 1.807) is 38.3 Å². The first kappa shape index (κ1) is 20.2. The van der Waals surface area contributed by atoms with Crippen LogP contribution in [-0.4, -0.2) is 32.0 Å². The van der Waals surface area contributed by atoms with Gasteiger partial charge in [-0.3, -0.25) is 4.79 Å². The molecule has 0 aliphatic carbocycles. The van der Waals surface area contributed by atoms with Gasteiger partial charge in [0, 0.05) is 12.0 Å². The van der Waals surface area contributed by atoms with Gasteiger partial charge in [-0.15, -0.1) is 0 Å². The second-order valence-electron chi connectivity index (χ2n) is 6.54. The lowest BCUT2D eigenvalue weighted by atomic mass is 10.0. The first-order valence-corrected chi connectivity index (χ1v) is 10.4. The quantitative estimate of drug-likeness (QED) is 0.662. The highest BCUT2D eigenvalue weighted by atomic mass is 32.2. The van der Waals surface area contributed by atoms with Crippen LogP contribution < -0.4 is 4.74 Å². The number of oxazole rings is 1. The van der Waals surface area contributed by atoms with Gasteiger partial charge in [0.05, 0.1) is 18.6 Å². The third kappa shape index (κ3) is 5.42. The van der Waals surface area contributed by atoms with Crippen molar-refractivity contribution in [3.63, 3.8) is 0 Å². The minimum absolute atomic E-state index is 0.188. The number of Topliss-reactive ketones (excluding diaryl/α,β-unsaturated/α-hetero) is 1. The highest BCUT2D eigenvalue weighted by Gasteiger charge is 2.22. The number of rotatable bonds is 9. The summed E-state index contributed by atoms with van der Waals surface area (Å²) in [5.41, 5.74) is 1.07. The molecule has 0 radical (unpaired) electrons. The van der Waals surface area contributed by atoms with E-state index in [-0.39, 0.29) is 23.9 Å². The Labute approximate surface area is 154 Å². The standard InChI is InChI=1S/C19H25NO5S/c1-5-13(2)10-16(21)11-26(22,23)12-18-14(3)25-19(20-18)15-6-8-17(24-4)9-7-15/h6-9,13H,5,10-12H2,1-4H3. The van der Waals surface area contributed by atoms with E-state index in [2.05, 4.69) is 4.98 Å². The van der Waals surface area contributed by atoms with Crippen LogP contribution >= 0.6 is 0 Å². The second kappa shape index (κ2) is 8.49. The number of ether oxygens (including phenoxy) is 1. The Bertz CT molecular complexity index is 853. The first-order valence-electron chi connectivity index (χ1n) is 8.57. The minimum Gasteiger partial charge on any atom is -0.497 e. The van der Waals surface area contributed by atoms with E-state index in [9.17, 15) is 13.2 Å². The number of methoxy groups -OCH3 is 1. The average Bonchev–Trinajstić information content (AvgIpc) is 2.94. The van der Waals surface area contributed by atoms with Crippen LogP contribution in [0.3, 0.4) is 0 Å². The van der Waals surface area contributed by atoms with E-state index in [0.717, 1.165) is 12.0 Å². The number of aryl methyl sites for hydroxylation is 1. The Morgan fingerprint density at radius 1 is 1.27 bits per heavy atom. The van der Waals surface area contributed by atoms with Crippen molar-refractivity contribution in [2.24, 2.45) is 5.92 Å². The number of hydrogen-bond acceptors (Lipinski definition) is 6. The molecule has 0 spiro atoms. The molecule has 2 aromatic rings. The fourth-order valence-corrected chi connectivity index (χ4v) is 3.91. The van der Waals surface area contributed by atoms with Crippen LogP contribution in [0.2, 0.25) is 0 Å². The summed E-state index contributed by atoms with van der Waals surface area (Å²) in [5, 5.41) is 0. The predicted molar refractivity (Wildman–Crippen MR) is 99.8 cm³/mol. The number of aromatic nitrogens is 1. The summed E-state index contributed by atoms with van der Waals surface area (Å²) in [5.74, 6) is 0.672. The van der Waals surface area contributed by atoms with Crippen molar-refractivity contribution in [3.8, 4) is 17.2 Å². The van der Waals surface area contributed by atoms with Gasteiger partial charge in [-0.1, -0.05) is 20.3 Å². The highest BCUT2D eigenvalue weighted by Crippen LogP contribution is 2.25.